The fraction of sp³-hybridized carbons (Fsp3) is 0.0667. The first-order chi connectivity index (χ1) is 9.20. The highest BCUT2D eigenvalue weighted by molar-refractivity contribution is 6.30. The molecule has 0 N–H and O–H groups in total. The van der Waals surface area contributed by atoms with Crippen LogP contribution in [-0.2, 0) is 7.05 Å². The van der Waals surface area contributed by atoms with Gasteiger partial charge in [-0.2, -0.15) is 5.26 Å². The molecule has 0 aliphatic rings. The topological polar surface area (TPSA) is 41.6 Å². The predicted octanol–water partition coefficient (Wildman–Crippen LogP) is 3.77. The van der Waals surface area contributed by atoms with E-state index in [1.807, 2.05) is 48.0 Å². The molecule has 0 spiro atoms. The SMILES string of the molecule is Cn1c(-c2ccccc2C#N)cc2cc(Cl)ncc21. The van der Waals surface area contributed by atoms with Crippen molar-refractivity contribution in [2.75, 3.05) is 0 Å². The monoisotopic (exact) mass is 267 g/mol. The zero-order chi connectivity index (χ0) is 13.4. The van der Waals surface area contributed by atoms with Crippen molar-refractivity contribution < 1.29 is 0 Å². The van der Waals surface area contributed by atoms with Crippen molar-refractivity contribution in [2.45, 2.75) is 0 Å². The summed E-state index contributed by atoms with van der Waals surface area (Å²) in [6.45, 7) is 0. The van der Waals surface area contributed by atoms with Crippen LogP contribution in [0, 0.1) is 11.3 Å². The molecule has 0 aliphatic heterocycles. The molecular weight excluding hydrogens is 258 g/mol. The summed E-state index contributed by atoms with van der Waals surface area (Å²) in [7, 11) is 1.96. The minimum Gasteiger partial charge on any atom is -0.342 e. The van der Waals surface area contributed by atoms with Crippen LogP contribution >= 0.6 is 11.6 Å². The van der Waals surface area contributed by atoms with Crippen molar-refractivity contribution in [3.05, 3.63) is 53.3 Å². The summed E-state index contributed by atoms with van der Waals surface area (Å²) in [6.07, 6.45) is 1.75. The Hall–Kier alpha value is -2.31. The molecule has 1 aromatic carbocycles. The standard InChI is InChI=1S/C15H10ClN3/c1-19-13(12-5-3-2-4-10(12)8-17)6-11-7-15(16)18-9-14(11)19/h2-7,9H,1H3. The van der Waals surface area contributed by atoms with Gasteiger partial charge in [0.25, 0.3) is 0 Å². The Bertz CT molecular complexity index is 812. The normalized spacial score (nSPS) is 10.6. The molecule has 0 saturated heterocycles. The van der Waals surface area contributed by atoms with E-state index in [2.05, 4.69) is 11.1 Å². The summed E-state index contributed by atoms with van der Waals surface area (Å²) < 4.78 is 2.02. The lowest BCUT2D eigenvalue weighted by molar-refractivity contribution is 0.973. The van der Waals surface area contributed by atoms with E-state index in [-0.39, 0.29) is 0 Å². The molecule has 2 aromatic heterocycles. The first kappa shape index (κ1) is 11.8. The molecule has 3 rings (SSSR count). The summed E-state index contributed by atoms with van der Waals surface area (Å²) >= 11 is 5.91. The van der Waals surface area contributed by atoms with Crippen molar-refractivity contribution in [2.24, 2.45) is 7.05 Å². The van der Waals surface area contributed by atoms with Crippen molar-refractivity contribution in [1.29, 1.82) is 5.26 Å². The Labute approximate surface area is 115 Å². The molecule has 0 unspecified atom stereocenters. The average Bonchev–Trinajstić information content (AvgIpc) is 2.75. The maximum Gasteiger partial charge on any atom is 0.129 e. The minimum absolute atomic E-state index is 0.471. The fourth-order valence-electron chi connectivity index (χ4n) is 2.27. The number of pyridine rings is 1. The van der Waals surface area contributed by atoms with Crippen LogP contribution in [0.3, 0.4) is 0 Å². The van der Waals surface area contributed by atoms with Crippen LogP contribution in [0.5, 0.6) is 0 Å². The van der Waals surface area contributed by atoms with Gasteiger partial charge >= 0.3 is 0 Å². The molecule has 3 nitrogen and oxygen atoms in total. The van der Waals surface area contributed by atoms with Gasteiger partial charge in [0.15, 0.2) is 0 Å². The number of aromatic nitrogens is 2. The molecule has 0 bridgehead atoms. The lowest BCUT2D eigenvalue weighted by Gasteiger charge is -2.05. The Morgan fingerprint density at radius 2 is 2.05 bits per heavy atom. The Kier molecular flexibility index (Phi) is 2.73. The van der Waals surface area contributed by atoms with Gasteiger partial charge in [0.05, 0.1) is 29.0 Å². The van der Waals surface area contributed by atoms with Gasteiger partial charge in [0.1, 0.15) is 5.15 Å². The lowest BCUT2D eigenvalue weighted by atomic mass is 10.1. The highest BCUT2D eigenvalue weighted by atomic mass is 35.5. The van der Waals surface area contributed by atoms with E-state index in [9.17, 15) is 5.26 Å². The highest BCUT2D eigenvalue weighted by Gasteiger charge is 2.11. The summed E-state index contributed by atoms with van der Waals surface area (Å²) in [5, 5.41) is 10.7. The van der Waals surface area contributed by atoms with Gasteiger partial charge in [-0.15, -0.1) is 0 Å². The molecule has 2 heterocycles. The third kappa shape index (κ3) is 1.87. The summed E-state index contributed by atoms with van der Waals surface area (Å²) in [5.41, 5.74) is 3.55. The van der Waals surface area contributed by atoms with E-state index in [1.54, 1.807) is 6.20 Å². The molecule has 0 atom stereocenters. The van der Waals surface area contributed by atoms with Gasteiger partial charge in [-0.3, -0.25) is 0 Å². The average molecular weight is 268 g/mol. The van der Waals surface area contributed by atoms with Crippen molar-refractivity contribution in [1.82, 2.24) is 9.55 Å². The number of nitrogens with zero attached hydrogens (tertiary/aromatic N) is 3. The number of hydrogen-bond acceptors (Lipinski definition) is 2. The molecule has 0 saturated carbocycles. The number of aryl methyl sites for hydroxylation is 1. The number of halogens is 1. The molecule has 0 fully saturated rings. The van der Waals surface area contributed by atoms with Crippen molar-refractivity contribution in [3.8, 4) is 17.3 Å². The molecule has 3 aromatic rings. The first-order valence-electron chi connectivity index (χ1n) is 5.81. The largest absolute Gasteiger partial charge is 0.342 e. The zero-order valence-corrected chi connectivity index (χ0v) is 11.0. The van der Waals surface area contributed by atoms with Crippen LogP contribution in [-0.4, -0.2) is 9.55 Å². The van der Waals surface area contributed by atoms with Crippen LogP contribution in [0.25, 0.3) is 22.2 Å². The molecule has 92 valence electrons. The van der Waals surface area contributed by atoms with Gasteiger partial charge < -0.3 is 4.57 Å². The maximum absolute atomic E-state index is 9.20. The number of fused-ring (bicyclic) bond motifs is 1. The lowest BCUT2D eigenvalue weighted by Crippen LogP contribution is -1.93. The quantitative estimate of drug-likeness (QED) is 0.630. The molecule has 19 heavy (non-hydrogen) atoms. The van der Waals surface area contributed by atoms with E-state index < -0.39 is 0 Å². The maximum atomic E-state index is 9.20. The second-order valence-corrected chi connectivity index (χ2v) is 4.70. The van der Waals surface area contributed by atoms with Crippen LogP contribution in [0.1, 0.15) is 5.56 Å². The molecule has 4 heteroatoms. The van der Waals surface area contributed by atoms with E-state index in [4.69, 9.17) is 11.6 Å². The van der Waals surface area contributed by atoms with Crippen LogP contribution in [0.4, 0.5) is 0 Å². The smallest absolute Gasteiger partial charge is 0.129 e. The number of nitriles is 1. The van der Waals surface area contributed by atoms with Crippen LogP contribution in [0.15, 0.2) is 42.6 Å². The molecule has 0 amide bonds. The zero-order valence-electron chi connectivity index (χ0n) is 10.3. The Morgan fingerprint density at radius 3 is 2.84 bits per heavy atom. The van der Waals surface area contributed by atoms with Gasteiger partial charge in [0.2, 0.25) is 0 Å². The fourth-order valence-corrected chi connectivity index (χ4v) is 2.44. The van der Waals surface area contributed by atoms with E-state index in [0.29, 0.717) is 10.7 Å². The second-order valence-electron chi connectivity index (χ2n) is 4.31. The summed E-state index contributed by atoms with van der Waals surface area (Å²) in [5.74, 6) is 0. The van der Waals surface area contributed by atoms with Gasteiger partial charge in [-0.25, -0.2) is 4.98 Å². The molecular formula is C15H10ClN3. The van der Waals surface area contributed by atoms with Crippen molar-refractivity contribution >= 4 is 22.5 Å². The van der Waals surface area contributed by atoms with Crippen molar-refractivity contribution in [3.63, 3.8) is 0 Å². The number of benzene rings is 1. The predicted molar refractivity (Wildman–Crippen MR) is 75.9 cm³/mol. The number of hydrogen-bond donors (Lipinski definition) is 0. The van der Waals surface area contributed by atoms with Gasteiger partial charge in [0, 0.05) is 18.0 Å². The molecule has 0 radical (unpaired) electrons. The molecule has 0 aliphatic carbocycles. The summed E-state index contributed by atoms with van der Waals surface area (Å²) in [4.78, 5) is 4.10. The Morgan fingerprint density at radius 1 is 1.26 bits per heavy atom. The minimum atomic E-state index is 0.471. The van der Waals surface area contributed by atoms with Gasteiger partial charge in [-0.1, -0.05) is 29.8 Å². The third-order valence-corrected chi connectivity index (χ3v) is 3.43. The highest BCUT2D eigenvalue weighted by Crippen LogP contribution is 2.29. The van der Waals surface area contributed by atoms with E-state index in [1.165, 1.54) is 0 Å². The van der Waals surface area contributed by atoms with Gasteiger partial charge in [-0.05, 0) is 18.2 Å². The second kappa shape index (κ2) is 4.42. The van der Waals surface area contributed by atoms with Crippen LogP contribution < -0.4 is 0 Å². The number of rotatable bonds is 1. The van der Waals surface area contributed by atoms with E-state index in [0.717, 1.165) is 22.2 Å². The summed E-state index contributed by atoms with van der Waals surface area (Å²) in [6, 6.07) is 13.6. The first-order valence-corrected chi connectivity index (χ1v) is 6.19. The van der Waals surface area contributed by atoms with E-state index >= 15 is 0 Å². The third-order valence-electron chi connectivity index (χ3n) is 3.22. The Balaban J connectivity index is 2.32. The van der Waals surface area contributed by atoms with Crippen LogP contribution in [0.2, 0.25) is 5.15 Å².